The summed E-state index contributed by atoms with van der Waals surface area (Å²) in [6.45, 7) is 4.11. The van der Waals surface area contributed by atoms with Gasteiger partial charge < -0.3 is 19.6 Å². The normalized spacial score (nSPS) is 19.7. The standard InChI is InChI=1S/C22H25BrFN3O4/c1-13-10-27(14(2)12-28)22(30)18-8-16(23)9-25-20(18)31-19(13)11-26(3)21(29)15-4-6-17(24)7-5-15/h4-9,13-14,19,28H,10-12H2,1-3H3/t13-,14-,19+/m1/s1. The average molecular weight is 494 g/mol. The van der Waals surface area contributed by atoms with Crippen LogP contribution >= 0.6 is 15.9 Å². The molecule has 1 aromatic carbocycles. The van der Waals surface area contributed by atoms with Crippen LogP contribution in [0, 0.1) is 11.7 Å². The summed E-state index contributed by atoms with van der Waals surface area (Å²) in [5, 5.41) is 9.66. The fraction of sp³-hybridized carbons (Fsp3) is 0.409. The lowest BCUT2D eigenvalue weighted by Crippen LogP contribution is -2.50. The topological polar surface area (TPSA) is 83.0 Å². The molecule has 31 heavy (non-hydrogen) atoms. The lowest BCUT2D eigenvalue weighted by atomic mass is 10.00. The van der Waals surface area contributed by atoms with Gasteiger partial charge in [0.25, 0.3) is 11.8 Å². The molecule has 0 unspecified atom stereocenters. The lowest BCUT2D eigenvalue weighted by Gasteiger charge is -2.37. The second-order valence-corrected chi connectivity index (χ2v) is 8.74. The van der Waals surface area contributed by atoms with Crippen molar-refractivity contribution in [3.8, 4) is 5.88 Å². The summed E-state index contributed by atoms with van der Waals surface area (Å²) < 4.78 is 19.9. The number of rotatable bonds is 5. The molecule has 1 N–H and O–H groups in total. The molecule has 166 valence electrons. The molecule has 1 aliphatic heterocycles. The van der Waals surface area contributed by atoms with Gasteiger partial charge in [0, 0.05) is 35.7 Å². The predicted molar refractivity (Wildman–Crippen MR) is 116 cm³/mol. The Balaban J connectivity index is 1.89. The van der Waals surface area contributed by atoms with Crippen LogP contribution in [-0.4, -0.2) is 70.6 Å². The van der Waals surface area contributed by atoms with Gasteiger partial charge in [-0.15, -0.1) is 0 Å². The molecule has 0 fully saturated rings. The fourth-order valence-electron chi connectivity index (χ4n) is 3.46. The Labute approximate surface area is 189 Å². The molecule has 0 aliphatic carbocycles. The molecule has 9 heteroatoms. The number of nitrogens with zero attached hydrogens (tertiary/aromatic N) is 3. The Hall–Kier alpha value is -2.52. The Kier molecular flexibility index (Phi) is 7.27. The van der Waals surface area contributed by atoms with Crippen LogP contribution in [-0.2, 0) is 0 Å². The Morgan fingerprint density at radius 2 is 2.10 bits per heavy atom. The first kappa shape index (κ1) is 23.1. The van der Waals surface area contributed by atoms with E-state index in [2.05, 4.69) is 20.9 Å². The molecule has 2 heterocycles. The van der Waals surface area contributed by atoms with Crippen LogP contribution in [0.25, 0.3) is 0 Å². The van der Waals surface area contributed by atoms with Crippen molar-refractivity contribution in [1.82, 2.24) is 14.8 Å². The van der Waals surface area contributed by atoms with Crippen LogP contribution in [0.5, 0.6) is 5.88 Å². The van der Waals surface area contributed by atoms with Gasteiger partial charge >= 0.3 is 0 Å². The first-order valence-electron chi connectivity index (χ1n) is 9.96. The number of pyridine rings is 1. The first-order chi connectivity index (χ1) is 14.7. The van der Waals surface area contributed by atoms with Crippen molar-refractivity contribution in [2.75, 3.05) is 26.7 Å². The number of carbonyl (C=O) groups excluding carboxylic acids is 2. The summed E-state index contributed by atoms with van der Waals surface area (Å²) in [6.07, 6.45) is 1.09. The highest BCUT2D eigenvalue weighted by molar-refractivity contribution is 9.10. The summed E-state index contributed by atoms with van der Waals surface area (Å²) in [5.41, 5.74) is 0.662. The van der Waals surface area contributed by atoms with Gasteiger partial charge in [-0.05, 0) is 53.2 Å². The number of aliphatic hydroxyl groups excluding tert-OH is 1. The van der Waals surface area contributed by atoms with Crippen molar-refractivity contribution in [1.29, 1.82) is 0 Å². The highest BCUT2D eigenvalue weighted by Gasteiger charge is 2.34. The summed E-state index contributed by atoms with van der Waals surface area (Å²) in [5.74, 6) is -0.916. The van der Waals surface area contributed by atoms with Gasteiger partial charge in [-0.3, -0.25) is 9.59 Å². The van der Waals surface area contributed by atoms with Crippen molar-refractivity contribution in [2.45, 2.75) is 26.0 Å². The Morgan fingerprint density at radius 3 is 2.74 bits per heavy atom. The number of hydrogen-bond acceptors (Lipinski definition) is 5. The van der Waals surface area contributed by atoms with E-state index in [9.17, 15) is 19.1 Å². The van der Waals surface area contributed by atoms with Crippen LogP contribution in [0.1, 0.15) is 34.6 Å². The number of aromatic nitrogens is 1. The molecular formula is C22H25BrFN3O4. The summed E-state index contributed by atoms with van der Waals surface area (Å²) in [6, 6.07) is 6.62. The maximum Gasteiger partial charge on any atom is 0.259 e. The van der Waals surface area contributed by atoms with Gasteiger partial charge in [0.2, 0.25) is 5.88 Å². The van der Waals surface area contributed by atoms with E-state index in [1.54, 1.807) is 31.1 Å². The summed E-state index contributed by atoms with van der Waals surface area (Å²) in [7, 11) is 1.65. The number of halogens is 2. The van der Waals surface area contributed by atoms with Gasteiger partial charge in [-0.25, -0.2) is 9.37 Å². The van der Waals surface area contributed by atoms with Crippen LogP contribution in [0.3, 0.4) is 0 Å². The Morgan fingerprint density at radius 1 is 1.42 bits per heavy atom. The zero-order valence-corrected chi connectivity index (χ0v) is 19.2. The molecule has 0 radical (unpaired) electrons. The van der Waals surface area contributed by atoms with Crippen molar-refractivity contribution < 1.29 is 23.8 Å². The van der Waals surface area contributed by atoms with E-state index in [4.69, 9.17) is 4.74 Å². The minimum atomic E-state index is -0.455. The maximum atomic E-state index is 13.2. The number of benzene rings is 1. The van der Waals surface area contributed by atoms with Gasteiger partial charge in [0.15, 0.2) is 0 Å². The molecular weight excluding hydrogens is 469 g/mol. The van der Waals surface area contributed by atoms with Gasteiger partial charge in [0.1, 0.15) is 17.5 Å². The van der Waals surface area contributed by atoms with E-state index < -0.39 is 11.9 Å². The second kappa shape index (κ2) is 9.74. The van der Waals surface area contributed by atoms with Crippen LogP contribution in [0.2, 0.25) is 0 Å². The van der Waals surface area contributed by atoms with Crippen molar-refractivity contribution in [2.24, 2.45) is 5.92 Å². The number of likely N-dealkylation sites (N-methyl/N-ethyl adjacent to an activating group) is 1. The maximum absolute atomic E-state index is 13.2. The second-order valence-electron chi connectivity index (χ2n) is 7.82. The largest absolute Gasteiger partial charge is 0.472 e. The first-order valence-corrected chi connectivity index (χ1v) is 10.8. The minimum absolute atomic E-state index is 0.153. The zero-order chi connectivity index (χ0) is 22.7. The van der Waals surface area contributed by atoms with Crippen molar-refractivity contribution in [3.63, 3.8) is 0 Å². The molecule has 1 aliphatic rings. The van der Waals surface area contributed by atoms with Gasteiger partial charge in [0.05, 0.1) is 19.2 Å². The van der Waals surface area contributed by atoms with Crippen LogP contribution in [0.4, 0.5) is 4.39 Å². The smallest absolute Gasteiger partial charge is 0.259 e. The number of hydrogen-bond donors (Lipinski definition) is 1. The van der Waals surface area contributed by atoms with E-state index in [0.717, 1.165) is 0 Å². The zero-order valence-electron chi connectivity index (χ0n) is 17.6. The third-order valence-corrected chi connectivity index (χ3v) is 5.81. The summed E-state index contributed by atoms with van der Waals surface area (Å²) in [4.78, 5) is 33.3. The Bertz CT molecular complexity index is 956. The quantitative estimate of drug-likeness (QED) is 0.692. The third kappa shape index (κ3) is 5.22. The summed E-state index contributed by atoms with van der Waals surface area (Å²) >= 11 is 3.34. The van der Waals surface area contributed by atoms with E-state index >= 15 is 0 Å². The van der Waals surface area contributed by atoms with Crippen LogP contribution < -0.4 is 4.74 Å². The third-order valence-electron chi connectivity index (χ3n) is 5.38. The molecule has 7 nitrogen and oxygen atoms in total. The van der Waals surface area contributed by atoms with Gasteiger partial charge in [-0.1, -0.05) is 6.92 Å². The van der Waals surface area contributed by atoms with Crippen molar-refractivity contribution in [3.05, 3.63) is 57.9 Å². The van der Waals surface area contributed by atoms with Crippen LogP contribution in [0.15, 0.2) is 41.0 Å². The monoisotopic (exact) mass is 493 g/mol. The van der Waals surface area contributed by atoms with E-state index in [1.807, 2.05) is 6.92 Å². The number of fused-ring (bicyclic) bond motifs is 1. The van der Waals surface area contributed by atoms with E-state index in [1.165, 1.54) is 29.2 Å². The molecule has 0 saturated heterocycles. The number of aliphatic hydroxyl groups is 1. The molecule has 0 spiro atoms. The average Bonchev–Trinajstić information content (AvgIpc) is 2.76. The molecule has 1 aromatic heterocycles. The molecule has 2 amide bonds. The predicted octanol–water partition coefficient (Wildman–Crippen LogP) is 2.98. The highest BCUT2D eigenvalue weighted by Crippen LogP contribution is 2.28. The SMILES string of the molecule is C[C@@H]1CN([C@H](C)CO)C(=O)c2cc(Br)cnc2O[C@H]1CN(C)C(=O)c1ccc(F)cc1. The number of ether oxygens (including phenoxy) is 1. The molecule has 3 atom stereocenters. The highest BCUT2D eigenvalue weighted by atomic mass is 79.9. The van der Waals surface area contributed by atoms with Crippen molar-refractivity contribution >= 4 is 27.7 Å². The lowest BCUT2D eigenvalue weighted by molar-refractivity contribution is 0.0313. The minimum Gasteiger partial charge on any atom is -0.472 e. The molecule has 3 rings (SSSR count). The fourth-order valence-corrected chi connectivity index (χ4v) is 3.79. The molecule has 2 aromatic rings. The van der Waals surface area contributed by atoms with E-state index in [-0.39, 0.29) is 42.8 Å². The molecule has 0 bridgehead atoms. The van der Waals surface area contributed by atoms with E-state index in [0.29, 0.717) is 22.1 Å². The number of amides is 2. The van der Waals surface area contributed by atoms with Gasteiger partial charge in [-0.2, -0.15) is 0 Å². The molecule has 0 saturated carbocycles. The number of carbonyl (C=O) groups is 2.